The first-order valence-corrected chi connectivity index (χ1v) is 14.9. The van der Waals surface area contributed by atoms with E-state index in [2.05, 4.69) is 58.2 Å². The molecule has 0 atom stereocenters. The number of hydrogen-bond donors (Lipinski definition) is 1. The Bertz CT molecular complexity index is 1700. The second kappa shape index (κ2) is 12.8. The molecule has 1 N–H and O–H groups in total. The van der Waals surface area contributed by atoms with Crippen LogP contribution in [0.3, 0.4) is 0 Å². The topological polar surface area (TPSA) is 94.8 Å². The van der Waals surface area contributed by atoms with E-state index in [0.717, 1.165) is 4.47 Å². The van der Waals surface area contributed by atoms with Crippen LogP contribution in [0.5, 0.6) is 11.5 Å². The van der Waals surface area contributed by atoms with Crippen molar-refractivity contribution in [2.24, 2.45) is 5.10 Å². The standard InChI is InChI=1S/C29H26Br3FN4O4/c1-5-40-22-12-16(24(31)25(32)26(22)41-15-23(38)35-19-9-7-18(33)8-10-19)14-34-37-27(39)20-13-17(30)6-11-21(20)36-28(37)29(2,3)4/h6-14H,5,15H2,1-4H3,(H,35,38). The largest absolute Gasteiger partial charge is 0.490 e. The number of aromatic nitrogens is 2. The summed E-state index contributed by atoms with van der Waals surface area (Å²) in [5.74, 6) is 0.332. The van der Waals surface area contributed by atoms with Crippen LogP contribution in [-0.4, -0.2) is 35.0 Å². The quantitative estimate of drug-likeness (QED) is 0.189. The molecule has 4 aromatic rings. The fraction of sp³-hybridized carbons (Fsp3) is 0.241. The molecule has 3 aromatic carbocycles. The minimum atomic E-state index is -0.474. The molecule has 41 heavy (non-hydrogen) atoms. The monoisotopic (exact) mass is 750 g/mol. The third kappa shape index (κ3) is 7.22. The van der Waals surface area contributed by atoms with Crippen molar-refractivity contribution < 1.29 is 18.7 Å². The van der Waals surface area contributed by atoms with Crippen LogP contribution < -0.4 is 20.3 Å². The van der Waals surface area contributed by atoms with E-state index in [1.54, 1.807) is 18.2 Å². The van der Waals surface area contributed by atoms with Gasteiger partial charge >= 0.3 is 0 Å². The lowest BCUT2D eigenvalue weighted by Crippen LogP contribution is -2.29. The first kappa shape index (κ1) is 30.9. The second-order valence-electron chi connectivity index (χ2n) is 9.91. The number of hydrogen-bond acceptors (Lipinski definition) is 6. The molecular weight excluding hydrogens is 727 g/mol. The zero-order valence-electron chi connectivity index (χ0n) is 22.6. The maximum absolute atomic E-state index is 13.5. The van der Waals surface area contributed by atoms with Gasteiger partial charge in [-0.05, 0) is 87.3 Å². The van der Waals surface area contributed by atoms with Crippen molar-refractivity contribution in [2.45, 2.75) is 33.1 Å². The first-order valence-electron chi connectivity index (χ1n) is 12.5. The smallest absolute Gasteiger partial charge is 0.282 e. The van der Waals surface area contributed by atoms with E-state index >= 15 is 0 Å². The molecule has 0 spiro atoms. The van der Waals surface area contributed by atoms with Crippen molar-refractivity contribution in [1.29, 1.82) is 0 Å². The summed E-state index contributed by atoms with van der Waals surface area (Å²) in [6.45, 7) is 7.72. The predicted molar refractivity (Wildman–Crippen MR) is 169 cm³/mol. The summed E-state index contributed by atoms with van der Waals surface area (Å²) in [4.78, 5) is 30.7. The van der Waals surface area contributed by atoms with E-state index in [1.807, 2.05) is 33.8 Å². The Balaban J connectivity index is 1.68. The van der Waals surface area contributed by atoms with Gasteiger partial charge in [0.25, 0.3) is 11.5 Å². The zero-order chi connectivity index (χ0) is 29.9. The summed E-state index contributed by atoms with van der Waals surface area (Å²) in [5, 5.41) is 7.63. The van der Waals surface area contributed by atoms with E-state index < -0.39 is 17.1 Å². The highest BCUT2D eigenvalue weighted by atomic mass is 79.9. The molecule has 12 heteroatoms. The number of benzene rings is 3. The van der Waals surface area contributed by atoms with Crippen LogP contribution in [0.25, 0.3) is 10.9 Å². The summed E-state index contributed by atoms with van der Waals surface area (Å²) in [6, 6.07) is 12.5. The van der Waals surface area contributed by atoms with Gasteiger partial charge in [-0.15, -0.1) is 0 Å². The van der Waals surface area contributed by atoms with Gasteiger partial charge in [-0.3, -0.25) is 9.59 Å². The molecular formula is C29H26Br3FN4O4. The SMILES string of the molecule is CCOc1cc(C=Nn2c(C(C)(C)C)nc3ccc(Br)cc3c2=O)c(Br)c(Br)c1OCC(=O)Nc1ccc(F)cc1. The van der Waals surface area contributed by atoms with Gasteiger partial charge in [0.2, 0.25) is 0 Å². The molecule has 0 aliphatic carbocycles. The van der Waals surface area contributed by atoms with Crippen molar-refractivity contribution in [3.63, 3.8) is 0 Å². The molecule has 1 amide bonds. The summed E-state index contributed by atoms with van der Waals surface area (Å²) >= 11 is 10.5. The van der Waals surface area contributed by atoms with E-state index in [4.69, 9.17) is 14.5 Å². The average molecular weight is 753 g/mol. The molecule has 0 bridgehead atoms. The number of rotatable bonds is 8. The number of nitrogens with one attached hydrogen (secondary N) is 1. The number of carbonyl (C=O) groups excluding carboxylic acids is 1. The van der Waals surface area contributed by atoms with Gasteiger partial charge in [0.05, 0.1) is 28.2 Å². The Morgan fingerprint density at radius 1 is 1.07 bits per heavy atom. The molecule has 4 rings (SSSR count). The molecule has 8 nitrogen and oxygen atoms in total. The van der Waals surface area contributed by atoms with Crippen molar-refractivity contribution in [3.8, 4) is 11.5 Å². The Morgan fingerprint density at radius 2 is 1.78 bits per heavy atom. The molecule has 214 valence electrons. The van der Waals surface area contributed by atoms with Crippen LogP contribution in [0, 0.1) is 5.82 Å². The maximum atomic E-state index is 13.5. The summed E-state index contributed by atoms with van der Waals surface area (Å²) in [6.07, 6.45) is 1.53. The van der Waals surface area contributed by atoms with Gasteiger partial charge in [0, 0.05) is 25.6 Å². The Hall–Kier alpha value is -3.09. The normalized spacial score (nSPS) is 11.7. The zero-order valence-corrected chi connectivity index (χ0v) is 27.4. The number of ether oxygens (including phenoxy) is 2. The fourth-order valence-corrected chi connectivity index (χ4v) is 5.12. The minimum absolute atomic E-state index is 0.301. The molecule has 0 saturated carbocycles. The van der Waals surface area contributed by atoms with E-state index in [-0.39, 0.29) is 12.2 Å². The fourth-order valence-electron chi connectivity index (χ4n) is 3.83. The van der Waals surface area contributed by atoms with Crippen molar-refractivity contribution in [2.75, 3.05) is 18.5 Å². The molecule has 0 saturated heterocycles. The molecule has 0 unspecified atom stereocenters. The van der Waals surface area contributed by atoms with Gasteiger partial charge in [-0.2, -0.15) is 9.78 Å². The average Bonchev–Trinajstić information content (AvgIpc) is 2.91. The first-order chi connectivity index (χ1) is 19.4. The van der Waals surface area contributed by atoms with Crippen LogP contribution in [0.1, 0.15) is 39.1 Å². The maximum Gasteiger partial charge on any atom is 0.282 e. The van der Waals surface area contributed by atoms with Gasteiger partial charge in [0.1, 0.15) is 11.6 Å². The Labute approximate surface area is 261 Å². The lowest BCUT2D eigenvalue weighted by molar-refractivity contribution is -0.118. The highest BCUT2D eigenvalue weighted by Gasteiger charge is 2.23. The molecule has 0 radical (unpaired) electrons. The van der Waals surface area contributed by atoms with Crippen molar-refractivity contribution >= 4 is 76.5 Å². The molecule has 0 aliphatic rings. The highest BCUT2D eigenvalue weighted by molar-refractivity contribution is 9.13. The van der Waals surface area contributed by atoms with Crippen molar-refractivity contribution in [3.05, 3.63) is 89.5 Å². The van der Waals surface area contributed by atoms with Crippen LogP contribution >= 0.6 is 47.8 Å². The second-order valence-corrected chi connectivity index (χ2v) is 12.4. The van der Waals surface area contributed by atoms with Crippen LogP contribution in [0.15, 0.2) is 71.8 Å². The van der Waals surface area contributed by atoms with E-state index in [0.29, 0.717) is 55.0 Å². The molecule has 0 fully saturated rings. The number of anilines is 1. The van der Waals surface area contributed by atoms with Gasteiger partial charge in [-0.25, -0.2) is 9.37 Å². The summed E-state index contributed by atoms with van der Waals surface area (Å²) in [7, 11) is 0. The molecule has 0 aliphatic heterocycles. The van der Waals surface area contributed by atoms with E-state index in [1.165, 1.54) is 35.2 Å². The summed E-state index contributed by atoms with van der Waals surface area (Å²) in [5.41, 5.74) is 0.840. The third-order valence-electron chi connectivity index (χ3n) is 5.72. The Morgan fingerprint density at radius 3 is 2.44 bits per heavy atom. The minimum Gasteiger partial charge on any atom is -0.490 e. The van der Waals surface area contributed by atoms with Crippen LogP contribution in [0.2, 0.25) is 0 Å². The number of carbonyl (C=O) groups is 1. The number of amides is 1. The van der Waals surface area contributed by atoms with Crippen LogP contribution in [0.4, 0.5) is 10.1 Å². The van der Waals surface area contributed by atoms with Gasteiger partial charge in [0.15, 0.2) is 18.1 Å². The van der Waals surface area contributed by atoms with Gasteiger partial charge < -0.3 is 14.8 Å². The Kier molecular flexibility index (Phi) is 9.66. The number of fused-ring (bicyclic) bond motifs is 1. The number of nitrogens with zero attached hydrogens (tertiary/aromatic N) is 3. The lowest BCUT2D eigenvalue weighted by atomic mass is 9.95. The number of halogens is 4. The molecule has 1 aromatic heterocycles. The molecule has 1 heterocycles. The van der Waals surface area contributed by atoms with Crippen molar-refractivity contribution in [1.82, 2.24) is 9.66 Å². The van der Waals surface area contributed by atoms with Crippen LogP contribution in [-0.2, 0) is 10.2 Å². The summed E-state index contributed by atoms with van der Waals surface area (Å²) < 4.78 is 27.9. The predicted octanol–water partition coefficient (Wildman–Crippen LogP) is 7.42. The van der Waals surface area contributed by atoms with E-state index in [9.17, 15) is 14.0 Å². The van der Waals surface area contributed by atoms with Gasteiger partial charge in [-0.1, -0.05) is 36.7 Å². The third-order valence-corrected chi connectivity index (χ3v) is 8.36. The lowest BCUT2D eigenvalue weighted by Gasteiger charge is -2.21. The highest BCUT2D eigenvalue weighted by Crippen LogP contribution is 2.42.